The average molecular weight is 285 g/mol. The molecule has 0 saturated heterocycles. The molecular formula is C16H19N3O2. The molecule has 110 valence electrons. The molecule has 2 rings (SSSR count). The second kappa shape index (κ2) is 7.31. The highest BCUT2D eigenvalue weighted by Gasteiger charge is 2.02. The Balaban J connectivity index is 1.91. The van der Waals surface area contributed by atoms with Crippen molar-refractivity contribution < 1.29 is 9.94 Å². The maximum atomic E-state index is 8.61. The van der Waals surface area contributed by atoms with Crippen molar-refractivity contribution in [3.05, 3.63) is 65.2 Å². The number of rotatable bonds is 6. The molecule has 0 aliphatic heterocycles. The average Bonchev–Trinajstić information content (AvgIpc) is 2.55. The highest BCUT2D eigenvalue weighted by Crippen LogP contribution is 2.16. The smallest absolute Gasteiger partial charge is 0.170 e. The number of hydrogen-bond donors (Lipinski definition) is 3. The Kier molecular flexibility index (Phi) is 5.17. The van der Waals surface area contributed by atoms with Crippen LogP contribution in [0.1, 0.15) is 16.7 Å². The molecule has 0 unspecified atom stereocenters. The van der Waals surface area contributed by atoms with Crippen molar-refractivity contribution in [2.45, 2.75) is 13.1 Å². The van der Waals surface area contributed by atoms with Crippen molar-refractivity contribution in [3.8, 4) is 5.75 Å². The standard InChI is InChI=1S/C16H19N3O2/c1-21-15-5-3-2-4-14(15)11-18-10-12-6-8-13(9-7-12)16(17)19-20/h2-9,18,20H,10-11H2,1H3,(H2,17,19). The molecule has 0 radical (unpaired) electrons. The van der Waals surface area contributed by atoms with E-state index in [0.29, 0.717) is 5.56 Å². The quantitative estimate of drug-likeness (QED) is 0.328. The van der Waals surface area contributed by atoms with Crippen molar-refractivity contribution in [2.24, 2.45) is 10.9 Å². The zero-order valence-electron chi connectivity index (χ0n) is 11.9. The van der Waals surface area contributed by atoms with Crippen LogP contribution in [0.15, 0.2) is 53.7 Å². The van der Waals surface area contributed by atoms with Gasteiger partial charge in [-0.15, -0.1) is 0 Å². The van der Waals surface area contributed by atoms with Gasteiger partial charge >= 0.3 is 0 Å². The number of para-hydroxylation sites is 1. The van der Waals surface area contributed by atoms with Crippen molar-refractivity contribution in [1.29, 1.82) is 0 Å². The first kappa shape index (κ1) is 14.9. The lowest BCUT2D eigenvalue weighted by molar-refractivity contribution is 0.318. The summed E-state index contributed by atoms with van der Waals surface area (Å²) in [6.45, 7) is 1.46. The lowest BCUT2D eigenvalue weighted by atomic mass is 10.1. The first-order valence-electron chi connectivity index (χ1n) is 6.64. The molecule has 0 heterocycles. The van der Waals surface area contributed by atoms with Gasteiger partial charge in [0.05, 0.1) is 7.11 Å². The predicted molar refractivity (Wildman–Crippen MR) is 82.5 cm³/mol. The Labute approximate surface area is 124 Å². The fourth-order valence-corrected chi connectivity index (χ4v) is 2.04. The van der Waals surface area contributed by atoms with Crippen molar-refractivity contribution in [2.75, 3.05) is 7.11 Å². The van der Waals surface area contributed by atoms with Gasteiger partial charge in [0.1, 0.15) is 5.75 Å². The van der Waals surface area contributed by atoms with Crippen molar-refractivity contribution >= 4 is 5.84 Å². The summed E-state index contributed by atoms with van der Waals surface area (Å²) in [5.41, 5.74) is 8.47. The number of nitrogens with two attached hydrogens (primary N) is 1. The maximum absolute atomic E-state index is 8.61. The van der Waals surface area contributed by atoms with Gasteiger partial charge < -0.3 is 21.0 Å². The van der Waals surface area contributed by atoms with Crippen LogP contribution in [0.2, 0.25) is 0 Å². The largest absolute Gasteiger partial charge is 0.496 e. The van der Waals surface area contributed by atoms with E-state index in [2.05, 4.69) is 10.5 Å². The number of hydrogen-bond acceptors (Lipinski definition) is 4. The van der Waals surface area contributed by atoms with Crippen molar-refractivity contribution in [3.63, 3.8) is 0 Å². The second-order valence-electron chi connectivity index (χ2n) is 4.60. The molecule has 2 aromatic rings. The van der Waals surface area contributed by atoms with E-state index in [1.54, 1.807) is 7.11 Å². The van der Waals surface area contributed by atoms with Gasteiger partial charge in [0.15, 0.2) is 5.84 Å². The van der Waals surface area contributed by atoms with E-state index in [1.165, 1.54) is 0 Å². The summed E-state index contributed by atoms with van der Waals surface area (Å²) < 4.78 is 5.31. The molecule has 0 amide bonds. The fourth-order valence-electron chi connectivity index (χ4n) is 2.04. The van der Waals surface area contributed by atoms with Crippen LogP contribution in [-0.4, -0.2) is 18.2 Å². The number of ether oxygens (including phenoxy) is 1. The minimum absolute atomic E-state index is 0.114. The lowest BCUT2D eigenvalue weighted by Crippen LogP contribution is -2.15. The number of benzene rings is 2. The summed E-state index contributed by atoms with van der Waals surface area (Å²) in [6, 6.07) is 15.5. The second-order valence-corrected chi connectivity index (χ2v) is 4.60. The minimum Gasteiger partial charge on any atom is -0.496 e. The van der Waals surface area contributed by atoms with E-state index in [-0.39, 0.29) is 5.84 Å². The zero-order chi connectivity index (χ0) is 15.1. The summed E-state index contributed by atoms with van der Waals surface area (Å²) in [5, 5.41) is 15.0. The van der Waals surface area contributed by atoms with Crippen LogP contribution in [0, 0.1) is 0 Å². The molecule has 0 aliphatic carbocycles. The molecule has 4 N–H and O–H groups in total. The normalized spacial score (nSPS) is 11.4. The molecule has 0 aromatic heterocycles. The van der Waals surface area contributed by atoms with Gasteiger partial charge in [-0.3, -0.25) is 0 Å². The number of oxime groups is 1. The summed E-state index contributed by atoms with van der Waals surface area (Å²) >= 11 is 0. The van der Waals surface area contributed by atoms with Gasteiger partial charge in [-0.05, 0) is 11.6 Å². The Morgan fingerprint density at radius 3 is 2.52 bits per heavy atom. The van der Waals surface area contributed by atoms with E-state index >= 15 is 0 Å². The monoisotopic (exact) mass is 285 g/mol. The molecular weight excluding hydrogens is 266 g/mol. The molecule has 0 fully saturated rings. The van der Waals surface area contributed by atoms with E-state index in [4.69, 9.17) is 15.7 Å². The van der Waals surface area contributed by atoms with Gasteiger partial charge in [-0.25, -0.2) is 0 Å². The Hall–Kier alpha value is -2.53. The zero-order valence-corrected chi connectivity index (χ0v) is 11.9. The Bertz CT molecular complexity index is 609. The van der Waals surface area contributed by atoms with E-state index in [0.717, 1.165) is 30.0 Å². The van der Waals surface area contributed by atoms with Crippen LogP contribution in [-0.2, 0) is 13.1 Å². The topological polar surface area (TPSA) is 79.9 Å². The molecule has 5 nitrogen and oxygen atoms in total. The maximum Gasteiger partial charge on any atom is 0.170 e. The predicted octanol–water partition coefficient (Wildman–Crippen LogP) is 2.08. The number of nitrogens with one attached hydrogen (secondary N) is 1. The van der Waals surface area contributed by atoms with E-state index in [1.807, 2.05) is 48.5 Å². The van der Waals surface area contributed by atoms with Gasteiger partial charge in [0, 0.05) is 24.2 Å². The van der Waals surface area contributed by atoms with Gasteiger partial charge in [0.2, 0.25) is 0 Å². The highest BCUT2D eigenvalue weighted by atomic mass is 16.5. The molecule has 21 heavy (non-hydrogen) atoms. The third kappa shape index (κ3) is 3.97. The van der Waals surface area contributed by atoms with Gasteiger partial charge in [-0.1, -0.05) is 47.6 Å². The van der Waals surface area contributed by atoms with Crippen LogP contribution < -0.4 is 15.8 Å². The SMILES string of the molecule is COc1ccccc1CNCc1ccc(C(N)=NO)cc1. The Morgan fingerprint density at radius 1 is 1.14 bits per heavy atom. The lowest BCUT2D eigenvalue weighted by Gasteiger charge is -2.09. The van der Waals surface area contributed by atoms with Gasteiger partial charge in [0.25, 0.3) is 0 Å². The Morgan fingerprint density at radius 2 is 1.86 bits per heavy atom. The first-order chi connectivity index (χ1) is 10.2. The summed E-state index contributed by atoms with van der Waals surface area (Å²) in [5.74, 6) is 0.996. The summed E-state index contributed by atoms with van der Waals surface area (Å²) in [7, 11) is 1.67. The molecule has 2 aromatic carbocycles. The molecule has 0 aliphatic rings. The fraction of sp³-hybridized carbons (Fsp3) is 0.188. The summed E-state index contributed by atoms with van der Waals surface area (Å²) in [4.78, 5) is 0. The molecule has 0 atom stereocenters. The van der Waals surface area contributed by atoms with Crippen LogP contribution >= 0.6 is 0 Å². The number of methoxy groups -OCH3 is 1. The number of amidine groups is 1. The first-order valence-corrected chi connectivity index (χ1v) is 6.64. The minimum atomic E-state index is 0.114. The van der Waals surface area contributed by atoms with Crippen molar-refractivity contribution in [1.82, 2.24) is 5.32 Å². The highest BCUT2D eigenvalue weighted by molar-refractivity contribution is 5.96. The van der Waals surface area contributed by atoms with Gasteiger partial charge in [-0.2, -0.15) is 0 Å². The number of nitrogens with zero attached hydrogens (tertiary/aromatic N) is 1. The summed E-state index contributed by atoms with van der Waals surface area (Å²) in [6.07, 6.45) is 0. The molecule has 5 heteroatoms. The van der Waals surface area contributed by atoms with E-state index < -0.39 is 0 Å². The van der Waals surface area contributed by atoms with Crippen LogP contribution in [0.25, 0.3) is 0 Å². The molecule has 0 saturated carbocycles. The molecule has 0 spiro atoms. The van der Waals surface area contributed by atoms with Crippen LogP contribution in [0.4, 0.5) is 0 Å². The van der Waals surface area contributed by atoms with E-state index in [9.17, 15) is 0 Å². The third-order valence-electron chi connectivity index (χ3n) is 3.19. The molecule has 0 bridgehead atoms. The van der Waals surface area contributed by atoms with Crippen LogP contribution in [0.3, 0.4) is 0 Å². The third-order valence-corrected chi connectivity index (χ3v) is 3.19. The van der Waals surface area contributed by atoms with Crippen LogP contribution in [0.5, 0.6) is 5.75 Å².